The van der Waals surface area contributed by atoms with Gasteiger partial charge >= 0.3 is 5.71 Å². The van der Waals surface area contributed by atoms with Crippen molar-refractivity contribution >= 4 is 17.5 Å². The van der Waals surface area contributed by atoms with E-state index in [1.54, 1.807) is 17.8 Å². The van der Waals surface area contributed by atoms with Gasteiger partial charge in [0.25, 0.3) is 0 Å². The molecule has 1 unspecified atom stereocenters. The highest BCUT2D eigenvalue weighted by Crippen LogP contribution is 2.35. The van der Waals surface area contributed by atoms with Crippen LogP contribution in [0.3, 0.4) is 0 Å². The molecule has 5 heteroatoms. The fraction of sp³-hybridized carbons (Fsp3) is 0.353. The molecule has 0 amide bonds. The molecule has 0 aromatic heterocycles. The highest BCUT2D eigenvalue weighted by Gasteiger charge is 2.28. The van der Waals surface area contributed by atoms with Gasteiger partial charge in [-0.15, -0.1) is 0 Å². The van der Waals surface area contributed by atoms with Gasteiger partial charge in [-0.25, -0.2) is 0 Å². The molecule has 1 aromatic carbocycles. The van der Waals surface area contributed by atoms with Crippen molar-refractivity contribution in [2.75, 3.05) is 13.2 Å². The van der Waals surface area contributed by atoms with Crippen molar-refractivity contribution in [3.05, 3.63) is 58.2 Å². The third-order valence-corrected chi connectivity index (χ3v) is 4.14. The molecule has 0 aliphatic heterocycles. The molecular formula is C17H20N2O2S. The molecular weight excluding hydrogens is 296 g/mol. The topological polar surface area (TPSA) is 54.9 Å². The third-order valence-electron chi connectivity index (χ3n) is 3.09. The second-order valence-corrected chi connectivity index (χ2v) is 5.91. The first-order valence-electron chi connectivity index (χ1n) is 7.32. The van der Waals surface area contributed by atoms with Crippen LogP contribution in [0.15, 0.2) is 52.0 Å². The van der Waals surface area contributed by atoms with Crippen molar-refractivity contribution in [2.24, 2.45) is 0 Å². The first-order valence-corrected chi connectivity index (χ1v) is 8.14. The molecule has 0 saturated heterocycles. The number of ether oxygens (including phenoxy) is 2. The van der Waals surface area contributed by atoms with E-state index >= 15 is 0 Å². The van der Waals surface area contributed by atoms with Crippen LogP contribution in [0.1, 0.15) is 19.4 Å². The summed E-state index contributed by atoms with van der Waals surface area (Å²) in [6.07, 6.45) is 3.32. The average molecular weight is 316 g/mol. The normalized spacial score (nSPS) is 17.6. The number of hydrogen-bond acceptors (Lipinski definition) is 3. The second-order valence-electron chi connectivity index (χ2n) is 4.79. The summed E-state index contributed by atoms with van der Waals surface area (Å²) in [6.45, 7) is 7.01. The molecule has 0 bridgehead atoms. The molecule has 22 heavy (non-hydrogen) atoms. The molecule has 2 rings (SSSR count). The summed E-state index contributed by atoms with van der Waals surface area (Å²) in [5, 5.41) is 0. The van der Waals surface area contributed by atoms with Gasteiger partial charge in [-0.3, -0.25) is 0 Å². The Hall–Kier alpha value is -1.81. The zero-order valence-electron chi connectivity index (χ0n) is 13.1. The molecule has 4 nitrogen and oxygen atoms in total. The second kappa shape index (κ2) is 7.99. The summed E-state index contributed by atoms with van der Waals surface area (Å²) in [5.41, 5.74) is 10.8. The highest BCUT2D eigenvalue weighted by molar-refractivity contribution is 8.03. The summed E-state index contributed by atoms with van der Waals surface area (Å²) in [6, 6.07) is 8.29. The fourth-order valence-electron chi connectivity index (χ4n) is 2.15. The van der Waals surface area contributed by atoms with Gasteiger partial charge in [-0.2, -0.15) is 4.79 Å². The number of aryl methyl sites for hydroxylation is 1. The minimum Gasteiger partial charge on any atom is -0.492 e. The van der Waals surface area contributed by atoms with Gasteiger partial charge in [0.15, 0.2) is 6.10 Å². The zero-order chi connectivity index (χ0) is 15.9. The maximum atomic E-state index is 9.16. The van der Waals surface area contributed by atoms with Crippen molar-refractivity contribution in [3.8, 4) is 0 Å². The van der Waals surface area contributed by atoms with Crippen LogP contribution in [-0.2, 0) is 9.47 Å². The lowest BCUT2D eigenvalue weighted by Gasteiger charge is -2.19. The molecule has 116 valence electrons. The van der Waals surface area contributed by atoms with Crippen molar-refractivity contribution in [3.63, 3.8) is 0 Å². The van der Waals surface area contributed by atoms with Crippen LogP contribution in [0.2, 0.25) is 0 Å². The van der Waals surface area contributed by atoms with Crippen LogP contribution in [0.5, 0.6) is 0 Å². The highest BCUT2D eigenvalue weighted by atomic mass is 32.2. The molecule has 0 heterocycles. The van der Waals surface area contributed by atoms with E-state index in [0.717, 1.165) is 9.80 Å². The minimum absolute atomic E-state index is 0.355. The van der Waals surface area contributed by atoms with Gasteiger partial charge in [0.05, 0.1) is 17.6 Å². The van der Waals surface area contributed by atoms with E-state index in [1.165, 1.54) is 5.56 Å². The fourth-order valence-corrected chi connectivity index (χ4v) is 3.21. The van der Waals surface area contributed by atoms with E-state index in [1.807, 2.05) is 26.0 Å². The van der Waals surface area contributed by atoms with Gasteiger partial charge in [-0.1, -0.05) is 29.5 Å². The lowest BCUT2D eigenvalue weighted by Crippen LogP contribution is -2.25. The molecule has 1 atom stereocenters. The van der Waals surface area contributed by atoms with E-state index in [4.69, 9.17) is 15.0 Å². The minimum atomic E-state index is -0.355. The van der Waals surface area contributed by atoms with E-state index in [9.17, 15) is 0 Å². The Morgan fingerprint density at radius 2 is 2.09 bits per heavy atom. The quantitative estimate of drug-likeness (QED) is 0.589. The first kappa shape index (κ1) is 16.6. The lowest BCUT2D eigenvalue weighted by atomic mass is 10.1. The van der Waals surface area contributed by atoms with E-state index in [2.05, 4.69) is 29.9 Å². The predicted molar refractivity (Wildman–Crippen MR) is 88.9 cm³/mol. The molecule has 0 saturated carbocycles. The van der Waals surface area contributed by atoms with Gasteiger partial charge in [0.1, 0.15) is 5.76 Å². The number of nitrogens with zero attached hydrogens (tertiary/aromatic N) is 2. The molecule has 0 spiro atoms. The van der Waals surface area contributed by atoms with Crippen LogP contribution < -0.4 is 0 Å². The first-order chi connectivity index (χ1) is 10.7. The number of hydrogen-bond donors (Lipinski definition) is 0. The molecule has 1 aliphatic rings. The molecule has 0 fully saturated rings. The van der Waals surface area contributed by atoms with Crippen molar-refractivity contribution < 1.29 is 14.3 Å². The largest absolute Gasteiger partial charge is 0.492 e. The zero-order valence-corrected chi connectivity index (χ0v) is 13.9. The Bertz CT molecular complexity index is 646. The van der Waals surface area contributed by atoms with E-state index in [-0.39, 0.29) is 6.10 Å². The summed E-state index contributed by atoms with van der Waals surface area (Å²) in [4.78, 5) is 5.42. The molecule has 1 aliphatic carbocycles. The monoisotopic (exact) mass is 316 g/mol. The maximum absolute atomic E-state index is 9.16. The number of thioether (sulfide) groups is 1. The Balaban J connectivity index is 2.31. The van der Waals surface area contributed by atoms with Gasteiger partial charge < -0.3 is 15.0 Å². The summed E-state index contributed by atoms with van der Waals surface area (Å²) in [7, 11) is 0. The van der Waals surface area contributed by atoms with Gasteiger partial charge in [-0.05, 0) is 39.0 Å². The Morgan fingerprint density at radius 1 is 1.27 bits per heavy atom. The maximum Gasteiger partial charge on any atom is 0.328 e. The van der Waals surface area contributed by atoms with Gasteiger partial charge in [0, 0.05) is 11.5 Å². The van der Waals surface area contributed by atoms with Crippen LogP contribution in [-0.4, -0.2) is 29.8 Å². The summed E-state index contributed by atoms with van der Waals surface area (Å²) in [5.74, 6) is 0.706. The standard InChI is InChI=1S/C17H20N2O2S/c1-4-20-15-11-17(16(21-5-2)10-14(15)19-18)22-13-8-6-7-12(3)9-13/h6-11,15H,4-5H2,1-3H3. The Labute approximate surface area is 135 Å². The SMILES string of the molecule is CCOC1=CC(=[N+]=[N-])C(OCC)C=C1Sc1cccc(C)c1. The van der Waals surface area contributed by atoms with Crippen LogP contribution in [0, 0.1) is 6.92 Å². The Morgan fingerprint density at radius 3 is 2.73 bits per heavy atom. The number of rotatable bonds is 6. The molecule has 0 N–H and O–H groups in total. The average Bonchev–Trinajstić information content (AvgIpc) is 2.50. The van der Waals surface area contributed by atoms with E-state index < -0.39 is 0 Å². The van der Waals surface area contributed by atoms with Crippen LogP contribution >= 0.6 is 11.8 Å². The van der Waals surface area contributed by atoms with E-state index in [0.29, 0.717) is 24.7 Å². The van der Waals surface area contributed by atoms with Crippen LogP contribution in [0.25, 0.3) is 5.53 Å². The summed E-state index contributed by atoms with van der Waals surface area (Å²) >= 11 is 1.62. The molecule has 1 aromatic rings. The lowest BCUT2D eigenvalue weighted by molar-refractivity contribution is -0.0221. The van der Waals surface area contributed by atoms with Crippen molar-refractivity contribution in [1.29, 1.82) is 0 Å². The van der Waals surface area contributed by atoms with Crippen molar-refractivity contribution in [2.45, 2.75) is 31.8 Å². The Kier molecular flexibility index (Phi) is 6.01. The third kappa shape index (κ3) is 4.10. The van der Waals surface area contributed by atoms with Crippen molar-refractivity contribution in [1.82, 2.24) is 0 Å². The number of benzene rings is 1. The molecule has 0 radical (unpaired) electrons. The van der Waals surface area contributed by atoms with Gasteiger partial charge in [0.2, 0.25) is 0 Å². The smallest absolute Gasteiger partial charge is 0.328 e. The predicted octanol–water partition coefficient (Wildman–Crippen LogP) is 3.98. The summed E-state index contributed by atoms with van der Waals surface area (Å²) < 4.78 is 11.3. The van der Waals surface area contributed by atoms with Crippen LogP contribution in [0.4, 0.5) is 0 Å².